The lowest BCUT2D eigenvalue weighted by Gasteiger charge is -2.09. The molecule has 3 nitrogen and oxygen atoms in total. The lowest BCUT2D eigenvalue weighted by Crippen LogP contribution is -2.08. The first-order valence-corrected chi connectivity index (χ1v) is 6.25. The largest absolute Gasteiger partial charge is 0.331 e. The summed E-state index contributed by atoms with van der Waals surface area (Å²) in [5, 5.41) is 0. The number of ketones is 1. The van der Waals surface area contributed by atoms with E-state index in [-0.39, 0.29) is 5.78 Å². The molecule has 0 saturated heterocycles. The second-order valence-corrected chi connectivity index (χ2v) is 4.62. The van der Waals surface area contributed by atoms with E-state index in [1.807, 2.05) is 31.3 Å². The molecule has 0 aliphatic rings. The molecule has 0 radical (unpaired) electrons. The van der Waals surface area contributed by atoms with E-state index in [0.29, 0.717) is 17.3 Å². The van der Waals surface area contributed by atoms with Crippen LogP contribution in [-0.4, -0.2) is 15.3 Å². The molecule has 18 heavy (non-hydrogen) atoms. The number of rotatable bonds is 4. The molecular formula is C15H18N2O. The molecule has 1 heterocycles. The van der Waals surface area contributed by atoms with Crippen molar-refractivity contribution >= 4 is 5.78 Å². The number of benzene rings is 1. The highest BCUT2D eigenvalue weighted by molar-refractivity contribution is 6.06. The second kappa shape index (κ2) is 5.17. The molecule has 1 aromatic carbocycles. The van der Waals surface area contributed by atoms with Gasteiger partial charge in [-0.1, -0.05) is 38.1 Å². The summed E-state index contributed by atoms with van der Waals surface area (Å²) in [5.74, 6) is 0.979. The summed E-state index contributed by atoms with van der Waals surface area (Å²) in [6, 6.07) is 7.84. The number of carbonyl (C=O) groups is 1. The average molecular weight is 242 g/mol. The van der Waals surface area contributed by atoms with Gasteiger partial charge in [0, 0.05) is 25.0 Å². The van der Waals surface area contributed by atoms with Gasteiger partial charge in [0.05, 0.1) is 0 Å². The fourth-order valence-electron chi connectivity index (χ4n) is 1.91. The Morgan fingerprint density at radius 3 is 2.50 bits per heavy atom. The zero-order chi connectivity index (χ0) is 13.1. The highest BCUT2D eigenvalue weighted by Crippen LogP contribution is 2.19. The van der Waals surface area contributed by atoms with E-state index in [2.05, 4.69) is 18.8 Å². The van der Waals surface area contributed by atoms with Crippen molar-refractivity contribution in [1.29, 1.82) is 0 Å². The molecule has 0 spiro atoms. The molecule has 1 aromatic heterocycles. The Balaban J connectivity index is 2.25. The Morgan fingerprint density at radius 2 is 2.00 bits per heavy atom. The molecule has 0 fully saturated rings. The van der Waals surface area contributed by atoms with Gasteiger partial charge in [-0.05, 0) is 17.9 Å². The molecule has 0 saturated carbocycles. The number of imidazole rings is 1. The van der Waals surface area contributed by atoms with Crippen LogP contribution in [0.3, 0.4) is 0 Å². The van der Waals surface area contributed by atoms with Crippen molar-refractivity contribution in [2.24, 2.45) is 7.05 Å². The van der Waals surface area contributed by atoms with Crippen LogP contribution in [0.15, 0.2) is 36.7 Å². The quantitative estimate of drug-likeness (QED) is 0.772. The topological polar surface area (TPSA) is 34.9 Å². The zero-order valence-corrected chi connectivity index (χ0v) is 11.1. The average Bonchev–Trinajstić information content (AvgIpc) is 2.83. The molecule has 0 bridgehead atoms. The molecule has 1 atom stereocenters. The number of hydrogen-bond donors (Lipinski definition) is 0. The number of nitrogens with zero attached hydrogens (tertiary/aromatic N) is 2. The molecule has 2 rings (SSSR count). The minimum Gasteiger partial charge on any atom is -0.331 e. The number of carbonyl (C=O) groups excluding carboxylic acids is 1. The lowest BCUT2D eigenvalue weighted by molar-refractivity contribution is 0.102. The molecule has 0 aliphatic heterocycles. The number of aromatic nitrogens is 2. The Morgan fingerprint density at radius 1 is 1.33 bits per heavy atom. The molecule has 0 aliphatic carbocycles. The van der Waals surface area contributed by atoms with Crippen molar-refractivity contribution in [3.8, 4) is 0 Å². The summed E-state index contributed by atoms with van der Waals surface area (Å²) in [7, 11) is 1.83. The number of hydrogen-bond acceptors (Lipinski definition) is 2. The summed E-state index contributed by atoms with van der Waals surface area (Å²) in [5.41, 5.74) is 1.96. The van der Waals surface area contributed by atoms with E-state index in [1.165, 1.54) is 5.56 Å². The standard InChI is InChI=1S/C15H18N2O/c1-4-11(2)12-5-7-13(8-6-12)14(18)15-16-9-10-17(15)3/h5-11H,4H2,1-3H3. The third-order valence-corrected chi connectivity index (χ3v) is 3.38. The fourth-order valence-corrected chi connectivity index (χ4v) is 1.91. The van der Waals surface area contributed by atoms with E-state index >= 15 is 0 Å². The third-order valence-electron chi connectivity index (χ3n) is 3.38. The zero-order valence-electron chi connectivity index (χ0n) is 11.1. The van der Waals surface area contributed by atoms with Crippen LogP contribution in [0.5, 0.6) is 0 Å². The maximum Gasteiger partial charge on any atom is 0.228 e. The van der Waals surface area contributed by atoms with Gasteiger partial charge in [-0.3, -0.25) is 4.79 Å². The Bertz CT molecular complexity index is 540. The smallest absolute Gasteiger partial charge is 0.228 e. The van der Waals surface area contributed by atoms with Gasteiger partial charge in [0.2, 0.25) is 5.78 Å². The van der Waals surface area contributed by atoms with Crippen molar-refractivity contribution in [3.05, 3.63) is 53.6 Å². The van der Waals surface area contributed by atoms with Gasteiger partial charge >= 0.3 is 0 Å². The van der Waals surface area contributed by atoms with E-state index in [4.69, 9.17) is 0 Å². The number of aryl methyl sites for hydroxylation is 1. The van der Waals surface area contributed by atoms with Gasteiger partial charge < -0.3 is 4.57 Å². The van der Waals surface area contributed by atoms with E-state index in [9.17, 15) is 4.79 Å². The van der Waals surface area contributed by atoms with Crippen molar-refractivity contribution in [2.75, 3.05) is 0 Å². The Labute approximate surface area is 107 Å². The Kier molecular flexibility index (Phi) is 3.60. The molecule has 0 N–H and O–H groups in total. The maximum absolute atomic E-state index is 12.2. The van der Waals surface area contributed by atoms with E-state index in [0.717, 1.165) is 6.42 Å². The lowest BCUT2D eigenvalue weighted by atomic mass is 9.97. The van der Waals surface area contributed by atoms with Crippen molar-refractivity contribution in [2.45, 2.75) is 26.2 Å². The van der Waals surface area contributed by atoms with Crippen LogP contribution in [0.2, 0.25) is 0 Å². The first kappa shape index (κ1) is 12.6. The highest BCUT2D eigenvalue weighted by Gasteiger charge is 2.13. The van der Waals surface area contributed by atoms with E-state index in [1.54, 1.807) is 17.0 Å². The van der Waals surface area contributed by atoms with Gasteiger partial charge in [0.1, 0.15) is 0 Å². The second-order valence-electron chi connectivity index (χ2n) is 4.62. The van der Waals surface area contributed by atoms with Gasteiger partial charge in [-0.2, -0.15) is 0 Å². The van der Waals surface area contributed by atoms with Crippen LogP contribution in [0.1, 0.15) is 47.9 Å². The summed E-state index contributed by atoms with van der Waals surface area (Å²) >= 11 is 0. The summed E-state index contributed by atoms with van der Waals surface area (Å²) in [6.07, 6.45) is 4.52. The van der Waals surface area contributed by atoms with E-state index < -0.39 is 0 Å². The predicted octanol–water partition coefficient (Wildman–Crippen LogP) is 3.16. The van der Waals surface area contributed by atoms with Crippen LogP contribution >= 0.6 is 0 Å². The normalized spacial score (nSPS) is 12.4. The summed E-state index contributed by atoms with van der Waals surface area (Å²) in [6.45, 7) is 4.35. The summed E-state index contributed by atoms with van der Waals surface area (Å²) < 4.78 is 1.74. The molecule has 2 aromatic rings. The first-order chi connectivity index (χ1) is 8.63. The third kappa shape index (κ3) is 2.35. The van der Waals surface area contributed by atoms with Crippen LogP contribution in [0.4, 0.5) is 0 Å². The van der Waals surface area contributed by atoms with Crippen molar-refractivity contribution in [1.82, 2.24) is 9.55 Å². The predicted molar refractivity (Wildman–Crippen MR) is 71.8 cm³/mol. The highest BCUT2D eigenvalue weighted by atomic mass is 16.1. The first-order valence-electron chi connectivity index (χ1n) is 6.25. The van der Waals surface area contributed by atoms with Crippen LogP contribution in [-0.2, 0) is 7.05 Å². The molecule has 1 unspecified atom stereocenters. The molecule has 3 heteroatoms. The fraction of sp³-hybridized carbons (Fsp3) is 0.333. The van der Waals surface area contributed by atoms with Gasteiger partial charge in [0.25, 0.3) is 0 Å². The minimum atomic E-state index is -0.0294. The SMILES string of the molecule is CCC(C)c1ccc(C(=O)c2nccn2C)cc1. The van der Waals surface area contributed by atoms with Crippen molar-refractivity contribution in [3.63, 3.8) is 0 Å². The van der Waals surface area contributed by atoms with Crippen LogP contribution < -0.4 is 0 Å². The Hall–Kier alpha value is -1.90. The van der Waals surface area contributed by atoms with Gasteiger partial charge in [-0.25, -0.2) is 4.98 Å². The van der Waals surface area contributed by atoms with Gasteiger partial charge in [-0.15, -0.1) is 0 Å². The van der Waals surface area contributed by atoms with Crippen LogP contribution in [0, 0.1) is 0 Å². The molecule has 0 amide bonds. The van der Waals surface area contributed by atoms with Crippen molar-refractivity contribution < 1.29 is 4.79 Å². The molecule has 94 valence electrons. The van der Waals surface area contributed by atoms with Gasteiger partial charge in [0.15, 0.2) is 5.82 Å². The summed E-state index contributed by atoms with van der Waals surface area (Å²) in [4.78, 5) is 16.3. The molecular weight excluding hydrogens is 224 g/mol. The minimum absolute atomic E-state index is 0.0294. The monoisotopic (exact) mass is 242 g/mol. The maximum atomic E-state index is 12.2. The van der Waals surface area contributed by atoms with Crippen LogP contribution in [0.25, 0.3) is 0 Å².